The molecule has 2 amide bonds. The number of furan rings is 1. The van der Waals surface area contributed by atoms with Gasteiger partial charge in [-0.3, -0.25) is 14.6 Å². The molecular weight excluding hydrogens is 452 g/mol. The molecule has 4 aromatic rings. The number of aromatic nitrogens is 1. The van der Waals surface area contributed by atoms with Gasteiger partial charge in [0.15, 0.2) is 5.76 Å². The predicted octanol–water partition coefficient (Wildman–Crippen LogP) is 5.51. The van der Waals surface area contributed by atoms with Gasteiger partial charge in [-0.15, -0.1) is 0 Å². The average Bonchev–Trinajstić information content (AvgIpc) is 3.20. The van der Waals surface area contributed by atoms with Gasteiger partial charge in [-0.05, 0) is 44.0 Å². The van der Waals surface area contributed by atoms with Crippen LogP contribution in [0.2, 0.25) is 5.02 Å². The smallest absolute Gasteiger partial charge is 0.291 e. The molecule has 0 atom stereocenters. The molecule has 0 fully saturated rings. The van der Waals surface area contributed by atoms with Crippen LogP contribution >= 0.6 is 11.6 Å². The Kier molecular flexibility index (Phi) is 5.86. The molecule has 0 unspecified atom stereocenters. The second-order valence-electron chi connectivity index (χ2n) is 8.02. The normalized spacial score (nSPS) is 14.1. The highest BCUT2D eigenvalue weighted by Gasteiger charge is 2.28. The van der Waals surface area contributed by atoms with Crippen LogP contribution in [0.4, 0.5) is 5.69 Å². The molecule has 0 saturated heterocycles. The van der Waals surface area contributed by atoms with Crippen molar-refractivity contribution in [1.82, 2.24) is 10.4 Å². The van der Waals surface area contributed by atoms with Crippen molar-refractivity contribution in [3.8, 4) is 0 Å². The van der Waals surface area contributed by atoms with Crippen LogP contribution in [0, 0.1) is 6.92 Å². The lowest BCUT2D eigenvalue weighted by Crippen LogP contribution is -2.22. The second-order valence-corrected chi connectivity index (χ2v) is 8.43. The zero-order chi connectivity index (χ0) is 23.7. The molecule has 0 aliphatic heterocycles. The number of halogens is 1. The highest BCUT2D eigenvalue weighted by atomic mass is 35.5. The molecule has 0 saturated carbocycles. The minimum Gasteiger partial charge on any atom is -0.455 e. The number of nitrogens with one attached hydrogen (secondary N) is 2. The van der Waals surface area contributed by atoms with E-state index in [0.717, 1.165) is 17.4 Å². The lowest BCUT2D eigenvalue weighted by Gasteiger charge is -2.13. The molecule has 8 heteroatoms. The van der Waals surface area contributed by atoms with E-state index >= 15 is 0 Å². The first-order valence-electron chi connectivity index (χ1n) is 10.9. The first kappa shape index (κ1) is 21.9. The van der Waals surface area contributed by atoms with Crippen LogP contribution in [-0.4, -0.2) is 22.5 Å². The van der Waals surface area contributed by atoms with Gasteiger partial charge < -0.3 is 9.73 Å². The summed E-state index contributed by atoms with van der Waals surface area (Å²) in [5.74, 6) is 0.165. The Hall–Kier alpha value is -3.97. The zero-order valence-electron chi connectivity index (χ0n) is 18.4. The van der Waals surface area contributed by atoms with Gasteiger partial charge in [0.2, 0.25) is 0 Å². The molecule has 1 aliphatic carbocycles. The summed E-state index contributed by atoms with van der Waals surface area (Å²) in [7, 11) is 0. The van der Waals surface area contributed by atoms with Crippen molar-refractivity contribution in [2.45, 2.75) is 26.2 Å². The summed E-state index contributed by atoms with van der Waals surface area (Å²) in [6.07, 6.45) is 3.84. The molecule has 170 valence electrons. The monoisotopic (exact) mass is 472 g/mol. The minimum atomic E-state index is -0.396. The van der Waals surface area contributed by atoms with E-state index in [1.807, 2.05) is 37.3 Å². The average molecular weight is 473 g/mol. The molecular formula is C26H21ClN4O3. The topological polar surface area (TPSA) is 96.6 Å². The third-order valence-corrected chi connectivity index (χ3v) is 6.15. The molecule has 0 radical (unpaired) electrons. The summed E-state index contributed by atoms with van der Waals surface area (Å²) in [5, 5.41) is 8.56. The van der Waals surface area contributed by atoms with E-state index in [-0.39, 0.29) is 11.7 Å². The van der Waals surface area contributed by atoms with Crippen LogP contribution in [0.5, 0.6) is 0 Å². The number of pyridine rings is 1. The van der Waals surface area contributed by atoms with Gasteiger partial charge in [0.1, 0.15) is 5.76 Å². The number of carbonyl (C=O) groups is 2. The summed E-state index contributed by atoms with van der Waals surface area (Å²) >= 11 is 6.11. The number of fused-ring (bicyclic) bond motifs is 2. The van der Waals surface area contributed by atoms with Gasteiger partial charge in [0, 0.05) is 29.1 Å². The molecule has 7 nitrogen and oxygen atoms in total. The van der Waals surface area contributed by atoms with Crippen molar-refractivity contribution < 1.29 is 14.0 Å². The van der Waals surface area contributed by atoms with E-state index in [2.05, 4.69) is 20.8 Å². The van der Waals surface area contributed by atoms with Gasteiger partial charge in [0.25, 0.3) is 11.8 Å². The predicted molar refractivity (Wildman–Crippen MR) is 132 cm³/mol. The van der Waals surface area contributed by atoms with Crippen molar-refractivity contribution in [2.75, 3.05) is 5.32 Å². The van der Waals surface area contributed by atoms with E-state index in [9.17, 15) is 9.59 Å². The van der Waals surface area contributed by atoms with Crippen molar-refractivity contribution in [1.29, 1.82) is 0 Å². The van der Waals surface area contributed by atoms with Crippen LogP contribution in [0.25, 0.3) is 10.9 Å². The Balaban J connectivity index is 1.42. The minimum absolute atomic E-state index is 0.227. The van der Waals surface area contributed by atoms with Gasteiger partial charge >= 0.3 is 0 Å². The van der Waals surface area contributed by atoms with Crippen LogP contribution in [-0.2, 0) is 6.42 Å². The zero-order valence-corrected chi connectivity index (χ0v) is 19.1. The standard InChI is InChI=1S/C26H21ClN4O3/c1-15-22-19(30-31-25(32)17-9-2-3-10-18(17)27)11-5-13-21(22)34-24(15)26(33)29-20-12-4-7-16-8-6-14-28-23(16)20/h2-4,6-10,12,14H,5,11,13H2,1H3,(H,29,33)(H,31,32)/b30-19+. The van der Waals surface area contributed by atoms with Gasteiger partial charge in [-0.1, -0.05) is 41.9 Å². The maximum atomic E-state index is 13.1. The Morgan fingerprint density at radius 2 is 1.85 bits per heavy atom. The number of nitrogens with zero attached hydrogens (tertiary/aromatic N) is 2. The second kappa shape index (κ2) is 9.11. The van der Waals surface area contributed by atoms with Crippen LogP contribution in [0.1, 0.15) is 50.6 Å². The number of hydrogen-bond acceptors (Lipinski definition) is 5. The van der Waals surface area contributed by atoms with Crippen molar-refractivity contribution in [2.24, 2.45) is 5.10 Å². The maximum absolute atomic E-state index is 13.1. The van der Waals surface area contributed by atoms with E-state index in [1.54, 1.807) is 30.5 Å². The number of rotatable bonds is 4. The number of hydrazone groups is 1. The number of para-hydroxylation sites is 1. The Bertz CT molecular complexity index is 1450. The SMILES string of the molecule is Cc1c(C(=O)Nc2cccc3cccnc23)oc2c1/C(=N/NC(=O)c1ccccc1Cl)CCC2. The molecule has 2 N–H and O–H groups in total. The largest absolute Gasteiger partial charge is 0.455 e. The molecule has 34 heavy (non-hydrogen) atoms. The van der Waals surface area contributed by atoms with Crippen LogP contribution in [0.3, 0.4) is 0 Å². The van der Waals surface area contributed by atoms with Crippen molar-refractivity contribution in [3.05, 3.63) is 94.0 Å². The Morgan fingerprint density at radius 3 is 2.71 bits per heavy atom. The number of benzene rings is 2. The molecule has 2 aromatic carbocycles. The van der Waals surface area contributed by atoms with E-state index in [0.29, 0.717) is 51.7 Å². The summed E-state index contributed by atoms with van der Waals surface area (Å²) in [6.45, 7) is 1.83. The van der Waals surface area contributed by atoms with E-state index in [1.165, 1.54) is 0 Å². The van der Waals surface area contributed by atoms with Gasteiger partial charge in [-0.2, -0.15) is 5.10 Å². The fourth-order valence-electron chi connectivity index (χ4n) is 4.20. The Labute approximate surface area is 200 Å². The number of anilines is 1. The molecule has 1 aliphatic rings. The number of carbonyl (C=O) groups excluding carboxylic acids is 2. The fourth-order valence-corrected chi connectivity index (χ4v) is 4.43. The van der Waals surface area contributed by atoms with Gasteiger partial charge in [0.05, 0.1) is 27.5 Å². The molecule has 5 rings (SSSR count). The van der Waals surface area contributed by atoms with E-state index < -0.39 is 5.91 Å². The highest BCUT2D eigenvalue weighted by Crippen LogP contribution is 2.31. The molecule has 0 bridgehead atoms. The highest BCUT2D eigenvalue weighted by molar-refractivity contribution is 6.33. The van der Waals surface area contributed by atoms with Crippen LogP contribution in [0.15, 0.2) is 70.3 Å². The third-order valence-electron chi connectivity index (χ3n) is 5.82. The molecule has 0 spiro atoms. The fraction of sp³-hybridized carbons (Fsp3) is 0.154. The summed E-state index contributed by atoms with van der Waals surface area (Å²) in [4.78, 5) is 30.1. The quantitative estimate of drug-likeness (QED) is 0.382. The van der Waals surface area contributed by atoms with Crippen molar-refractivity contribution in [3.63, 3.8) is 0 Å². The maximum Gasteiger partial charge on any atom is 0.291 e. The number of amides is 2. The lowest BCUT2D eigenvalue weighted by molar-refractivity contribution is 0.0953. The number of aryl methyl sites for hydroxylation is 1. The van der Waals surface area contributed by atoms with Gasteiger partial charge in [-0.25, -0.2) is 5.43 Å². The van der Waals surface area contributed by atoms with E-state index in [4.69, 9.17) is 16.0 Å². The van der Waals surface area contributed by atoms with Crippen LogP contribution < -0.4 is 10.7 Å². The summed E-state index contributed by atoms with van der Waals surface area (Å²) in [5.41, 5.74) is 6.38. The Morgan fingerprint density at radius 1 is 1.03 bits per heavy atom. The first-order valence-corrected chi connectivity index (χ1v) is 11.3. The summed E-state index contributed by atoms with van der Waals surface area (Å²) < 4.78 is 5.98. The third kappa shape index (κ3) is 4.06. The first-order chi connectivity index (χ1) is 16.5. The number of hydrogen-bond donors (Lipinski definition) is 2. The van der Waals surface area contributed by atoms with Crippen molar-refractivity contribution >= 4 is 45.7 Å². The molecule has 2 heterocycles. The lowest BCUT2D eigenvalue weighted by atomic mass is 9.93. The summed E-state index contributed by atoms with van der Waals surface area (Å²) in [6, 6.07) is 16.2. The molecule has 2 aromatic heterocycles.